The van der Waals surface area contributed by atoms with Crippen LogP contribution in [0.4, 0.5) is 5.82 Å². The number of halogens is 1. The second-order valence-corrected chi connectivity index (χ2v) is 6.52. The van der Waals surface area contributed by atoms with Gasteiger partial charge in [-0.2, -0.15) is 0 Å². The summed E-state index contributed by atoms with van der Waals surface area (Å²) in [6.07, 6.45) is 1.58. The molecule has 19 heavy (non-hydrogen) atoms. The molecular formula is C13H13ClN2O2S. The Balaban J connectivity index is 2.42. The van der Waals surface area contributed by atoms with Crippen LogP contribution in [-0.4, -0.2) is 20.4 Å². The van der Waals surface area contributed by atoms with Crippen LogP contribution >= 0.6 is 11.6 Å². The molecule has 0 aliphatic carbocycles. The van der Waals surface area contributed by atoms with E-state index in [9.17, 15) is 8.42 Å². The van der Waals surface area contributed by atoms with Crippen LogP contribution in [0.3, 0.4) is 0 Å². The lowest BCUT2D eigenvalue weighted by atomic mass is 10.3. The van der Waals surface area contributed by atoms with Gasteiger partial charge in [0.2, 0.25) is 0 Å². The molecule has 0 bridgehead atoms. The van der Waals surface area contributed by atoms with E-state index in [4.69, 9.17) is 11.6 Å². The number of rotatable bonds is 3. The third-order valence-electron chi connectivity index (χ3n) is 2.70. The molecule has 2 aromatic rings. The lowest BCUT2D eigenvalue weighted by molar-refractivity contribution is 0.594. The molecule has 0 atom stereocenters. The average molecular weight is 297 g/mol. The molecule has 1 aromatic carbocycles. The van der Waals surface area contributed by atoms with Crippen LogP contribution in [0, 0.1) is 6.92 Å². The van der Waals surface area contributed by atoms with Crippen LogP contribution in [-0.2, 0) is 10.0 Å². The molecule has 1 heterocycles. The number of benzene rings is 1. The third kappa shape index (κ3) is 2.88. The zero-order valence-corrected chi connectivity index (χ0v) is 12.1. The number of aryl methyl sites for hydroxylation is 1. The first-order valence-electron chi connectivity index (χ1n) is 5.58. The van der Waals surface area contributed by atoms with E-state index in [1.54, 1.807) is 24.4 Å². The highest BCUT2D eigenvalue weighted by Gasteiger charge is 2.21. The molecule has 100 valence electrons. The van der Waals surface area contributed by atoms with Gasteiger partial charge < -0.3 is 0 Å². The molecule has 0 aliphatic heterocycles. The molecule has 0 N–H and O–H groups in total. The number of sulfonamides is 1. The maximum Gasteiger partial charge on any atom is 0.265 e. The summed E-state index contributed by atoms with van der Waals surface area (Å²) < 4.78 is 26.0. The van der Waals surface area contributed by atoms with Crippen LogP contribution < -0.4 is 4.31 Å². The number of nitrogens with zero attached hydrogens (tertiary/aromatic N) is 2. The van der Waals surface area contributed by atoms with Crippen molar-refractivity contribution in [3.63, 3.8) is 0 Å². The zero-order chi connectivity index (χ0) is 14.0. The van der Waals surface area contributed by atoms with E-state index in [0.717, 1.165) is 9.87 Å². The fourth-order valence-corrected chi connectivity index (χ4v) is 2.85. The quantitative estimate of drug-likeness (QED) is 0.875. The fraction of sp³-hybridized carbons (Fsp3) is 0.154. The summed E-state index contributed by atoms with van der Waals surface area (Å²) in [5.74, 6) is 0.384. The minimum atomic E-state index is -3.61. The Morgan fingerprint density at radius 2 is 1.79 bits per heavy atom. The van der Waals surface area contributed by atoms with Gasteiger partial charge in [0, 0.05) is 18.3 Å². The van der Waals surface area contributed by atoms with Crippen molar-refractivity contribution >= 4 is 27.4 Å². The van der Waals surface area contributed by atoms with Gasteiger partial charge in [-0.05, 0) is 48.9 Å². The van der Waals surface area contributed by atoms with Gasteiger partial charge >= 0.3 is 0 Å². The summed E-state index contributed by atoms with van der Waals surface area (Å²) in [6.45, 7) is 1.88. The Hall–Kier alpha value is -1.59. The topological polar surface area (TPSA) is 50.3 Å². The van der Waals surface area contributed by atoms with E-state index in [1.165, 1.54) is 19.2 Å². The number of hydrogen-bond acceptors (Lipinski definition) is 3. The van der Waals surface area contributed by atoms with Crippen molar-refractivity contribution in [3.05, 3.63) is 53.2 Å². The van der Waals surface area contributed by atoms with Crippen molar-refractivity contribution in [2.45, 2.75) is 11.8 Å². The predicted octanol–water partition coefficient (Wildman–Crippen LogP) is 2.87. The summed E-state index contributed by atoms with van der Waals surface area (Å²) in [5.41, 5.74) is 0.947. The van der Waals surface area contributed by atoms with Crippen LogP contribution in [0.25, 0.3) is 0 Å². The van der Waals surface area contributed by atoms with Crippen molar-refractivity contribution in [3.8, 4) is 0 Å². The van der Waals surface area contributed by atoms with Gasteiger partial charge in [0.25, 0.3) is 10.0 Å². The van der Waals surface area contributed by atoms with Gasteiger partial charge in [-0.25, -0.2) is 13.4 Å². The molecular weight excluding hydrogens is 284 g/mol. The van der Waals surface area contributed by atoms with E-state index < -0.39 is 10.0 Å². The molecule has 0 unspecified atom stereocenters. The number of anilines is 1. The lowest BCUT2D eigenvalue weighted by Gasteiger charge is -2.18. The number of aromatic nitrogens is 1. The summed E-state index contributed by atoms with van der Waals surface area (Å²) in [4.78, 5) is 4.25. The summed E-state index contributed by atoms with van der Waals surface area (Å²) >= 11 is 5.76. The zero-order valence-electron chi connectivity index (χ0n) is 10.5. The smallest absolute Gasteiger partial charge is 0.253 e. The van der Waals surface area contributed by atoms with Crippen LogP contribution in [0.15, 0.2) is 47.5 Å². The van der Waals surface area contributed by atoms with E-state index in [-0.39, 0.29) is 4.90 Å². The number of pyridine rings is 1. The average Bonchev–Trinajstić information content (AvgIpc) is 2.38. The first kappa shape index (κ1) is 13.8. The monoisotopic (exact) mass is 296 g/mol. The molecule has 1 aromatic heterocycles. The van der Waals surface area contributed by atoms with Crippen molar-refractivity contribution < 1.29 is 8.42 Å². The van der Waals surface area contributed by atoms with Crippen molar-refractivity contribution in [1.82, 2.24) is 4.98 Å². The van der Waals surface area contributed by atoms with Crippen molar-refractivity contribution in [2.24, 2.45) is 0 Å². The molecule has 4 nitrogen and oxygen atoms in total. The van der Waals surface area contributed by atoms with Crippen LogP contribution in [0.1, 0.15) is 5.56 Å². The molecule has 0 aliphatic rings. The highest BCUT2D eigenvalue weighted by Crippen LogP contribution is 2.21. The second-order valence-electron chi connectivity index (χ2n) is 4.12. The number of hydrogen-bond donors (Lipinski definition) is 0. The maximum absolute atomic E-state index is 12.4. The minimum absolute atomic E-state index is 0.183. The Bertz CT molecular complexity index is 684. The lowest BCUT2D eigenvalue weighted by Crippen LogP contribution is -2.27. The Morgan fingerprint density at radius 1 is 1.16 bits per heavy atom. The highest BCUT2D eigenvalue weighted by atomic mass is 35.5. The largest absolute Gasteiger partial charge is 0.265 e. The molecule has 0 saturated heterocycles. The SMILES string of the molecule is Cc1ccnc(N(C)S(=O)(=O)c2ccc(Cl)cc2)c1. The van der Waals surface area contributed by atoms with E-state index in [1.807, 2.05) is 13.0 Å². The minimum Gasteiger partial charge on any atom is -0.253 e. The van der Waals surface area contributed by atoms with Gasteiger partial charge in [0.1, 0.15) is 5.82 Å². The molecule has 0 fully saturated rings. The predicted molar refractivity (Wildman–Crippen MR) is 76.0 cm³/mol. The van der Waals surface area contributed by atoms with Crippen LogP contribution in [0.5, 0.6) is 0 Å². The third-order valence-corrected chi connectivity index (χ3v) is 4.72. The first-order chi connectivity index (χ1) is 8.91. The van der Waals surface area contributed by atoms with Gasteiger partial charge in [0.15, 0.2) is 0 Å². The fourth-order valence-electron chi connectivity index (χ4n) is 1.58. The van der Waals surface area contributed by atoms with Crippen molar-refractivity contribution in [1.29, 1.82) is 0 Å². The van der Waals surface area contributed by atoms with Gasteiger partial charge in [-0.3, -0.25) is 4.31 Å². The van der Waals surface area contributed by atoms with E-state index in [0.29, 0.717) is 10.8 Å². The summed E-state index contributed by atoms with van der Waals surface area (Å²) in [6, 6.07) is 9.57. The normalized spacial score (nSPS) is 11.3. The Labute approximate surface area is 117 Å². The standard InChI is InChI=1S/C13H13ClN2O2S/c1-10-7-8-15-13(9-10)16(2)19(17,18)12-5-3-11(14)4-6-12/h3-9H,1-2H3. The van der Waals surface area contributed by atoms with Gasteiger partial charge in [-0.15, -0.1) is 0 Å². The highest BCUT2D eigenvalue weighted by molar-refractivity contribution is 7.92. The van der Waals surface area contributed by atoms with Crippen molar-refractivity contribution in [2.75, 3.05) is 11.4 Å². The van der Waals surface area contributed by atoms with Gasteiger partial charge in [0.05, 0.1) is 4.90 Å². The molecule has 0 radical (unpaired) electrons. The molecule has 2 rings (SSSR count). The Morgan fingerprint density at radius 3 is 2.37 bits per heavy atom. The Kier molecular flexibility index (Phi) is 3.78. The second kappa shape index (κ2) is 5.19. The summed E-state index contributed by atoms with van der Waals surface area (Å²) in [5, 5.41) is 0.496. The van der Waals surface area contributed by atoms with E-state index in [2.05, 4.69) is 4.98 Å². The summed E-state index contributed by atoms with van der Waals surface area (Å²) in [7, 11) is -2.14. The van der Waals surface area contributed by atoms with Gasteiger partial charge in [-0.1, -0.05) is 11.6 Å². The van der Waals surface area contributed by atoms with Crippen LogP contribution in [0.2, 0.25) is 5.02 Å². The molecule has 6 heteroatoms. The maximum atomic E-state index is 12.4. The van der Waals surface area contributed by atoms with E-state index >= 15 is 0 Å². The molecule has 0 spiro atoms. The molecule has 0 saturated carbocycles. The first-order valence-corrected chi connectivity index (χ1v) is 7.40. The molecule has 0 amide bonds.